The summed E-state index contributed by atoms with van der Waals surface area (Å²) in [4.78, 5) is 18.1. The Kier molecular flexibility index (Phi) is 3.31. The normalized spacial score (nSPS) is 14.3. The number of aryl methyl sites for hydroxylation is 1. The summed E-state index contributed by atoms with van der Waals surface area (Å²) in [7, 11) is 0. The third kappa shape index (κ3) is 2.22. The zero-order valence-corrected chi connectivity index (χ0v) is 11.8. The van der Waals surface area contributed by atoms with Crippen LogP contribution in [0.5, 0.6) is 5.75 Å². The monoisotopic (exact) mass is 290 g/mol. The first-order chi connectivity index (χ1) is 9.66. The fourth-order valence-electron chi connectivity index (χ4n) is 2.22. The molecule has 3 rings (SSSR count). The van der Waals surface area contributed by atoms with E-state index in [-0.39, 0.29) is 5.69 Å². The lowest BCUT2D eigenvalue weighted by Gasteiger charge is -2.20. The Morgan fingerprint density at radius 2 is 2.25 bits per heavy atom. The van der Waals surface area contributed by atoms with Crippen molar-refractivity contribution < 1.29 is 14.6 Å². The van der Waals surface area contributed by atoms with Crippen LogP contribution in [0.4, 0.5) is 10.8 Å². The number of benzene rings is 1. The highest BCUT2D eigenvalue weighted by molar-refractivity contribution is 7.15. The third-order valence-electron chi connectivity index (χ3n) is 3.16. The summed E-state index contributed by atoms with van der Waals surface area (Å²) in [5, 5.41) is 9.84. The van der Waals surface area contributed by atoms with Gasteiger partial charge in [0.1, 0.15) is 5.75 Å². The number of thiazole rings is 1. The summed E-state index contributed by atoms with van der Waals surface area (Å²) in [6.45, 7) is 3.21. The Labute approximate surface area is 120 Å². The number of fused-ring (bicyclic) bond motifs is 1. The number of carboxylic acid groups (broad SMARTS) is 1. The van der Waals surface area contributed by atoms with Gasteiger partial charge < -0.3 is 14.7 Å². The second-order valence-corrected chi connectivity index (χ2v) is 5.71. The zero-order chi connectivity index (χ0) is 14.1. The molecular weight excluding hydrogens is 276 g/mol. The van der Waals surface area contributed by atoms with Crippen LogP contribution in [-0.4, -0.2) is 29.2 Å². The van der Waals surface area contributed by atoms with E-state index in [4.69, 9.17) is 9.84 Å². The highest BCUT2D eigenvalue weighted by Crippen LogP contribution is 2.38. The third-order valence-corrected chi connectivity index (χ3v) is 4.15. The second-order valence-electron chi connectivity index (χ2n) is 4.53. The lowest BCUT2D eigenvalue weighted by Crippen LogP contribution is -2.17. The minimum atomic E-state index is -0.982. The zero-order valence-electron chi connectivity index (χ0n) is 11.0. The lowest BCUT2D eigenvalue weighted by molar-refractivity contribution is 0.0690. The number of ether oxygens (including phenoxy) is 1. The van der Waals surface area contributed by atoms with E-state index < -0.39 is 5.97 Å². The van der Waals surface area contributed by atoms with Crippen molar-refractivity contribution in [3.05, 3.63) is 34.8 Å². The highest BCUT2D eigenvalue weighted by Gasteiger charge is 2.23. The van der Waals surface area contributed by atoms with Crippen molar-refractivity contribution in [2.24, 2.45) is 0 Å². The van der Waals surface area contributed by atoms with Gasteiger partial charge in [-0.15, -0.1) is 11.3 Å². The van der Waals surface area contributed by atoms with E-state index in [0.29, 0.717) is 11.7 Å². The SMILES string of the molecule is Cc1sc(N2CCCOc3ccccc32)nc1C(=O)O. The quantitative estimate of drug-likeness (QED) is 0.921. The Morgan fingerprint density at radius 3 is 3.00 bits per heavy atom. The predicted molar refractivity (Wildman–Crippen MR) is 77.4 cm³/mol. The van der Waals surface area contributed by atoms with Crippen LogP contribution in [0.1, 0.15) is 21.8 Å². The van der Waals surface area contributed by atoms with Crippen molar-refractivity contribution in [2.75, 3.05) is 18.1 Å². The Morgan fingerprint density at radius 1 is 1.45 bits per heavy atom. The molecule has 0 saturated heterocycles. The van der Waals surface area contributed by atoms with E-state index in [1.54, 1.807) is 6.92 Å². The molecule has 0 fully saturated rings. The standard InChI is InChI=1S/C14H14N2O3S/c1-9-12(13(17)18)15-14(20-9)16-7-4-8-19-11-6-3-2-5-10(11)16/h2-3,5-6H,4,7-8H2,1H3,(H,17,18). The molecule has 0 radical (unpaired) electrons. The van der Waals surface area contributed by atoms with Gasteiger partial charge in [-0.25, -0.2) is 9.78 Å². The summed E-state index contributed by atoms with van der Waals surface area (Å²) in [6.07, 6.45) is 0.871. The van der Waals surface area contributed by atoms with Crippen molar-refractivity contribution in [2.45, 2.75) is 13.3 Å². The van der Waals surface area contributed by atoms with Crippen LogP contribution < -0.4 is 9.64 Å². The summed E-state index contributed by atoms with van der Waals surface area (Å²) in [5.74, 6) is -0.168. The van der Waals surface area contributed by atoms with E-state index in [1.165, 1.54) is 11.3 Å². The second kappa shape index (κ2) is 5.13. The topological polar surface area (TPSA) is 62.7 Å². The fourth-order valence-corrected chi connectivity index (χ4v) is 3.16. The smallest absolute Gasteiger partial charge is 0.355 e. The van der Waals surface area contributed by atoms with Crippen LogP contribution in [-0.2, 0) is 0 Å². The number of anilines is 2. The van der Waals surface area contributed by atoms with Gasteiger partial charge in [0.15, 0.2) is 10.8 Å². The number of hydrogen-bond donors (Lipinski definition) is 1. The van der Waals surface area contributed by atoms with Crippen LogP contribution in [0.3, 0.4) is 0 Å². The molecule has 1 N–H and O–H groups in total. The highest BCUT2D eigenvalue weighted by atomic mass is 32.1. The van der Waals surface area contributed by atoms with E-state index in [0.717, 1.165) is 29.3 Å². The van der Waals surface area contributed by atoms with Crippen molar-refractivity contribution in [1.29, 1.82) is 0 Å². The summed E-state index contributed by atoms with van der Waals surface area (Å²) in [6, 6.07) is 7.77. The molecule has 1 aromatic heterocycles. The Bertz CT molecular complexity index is 654. The molecule has 5 nitrogen and oxygen atoms in total. The van der Waals surface area contributed by atoms with Crippen LogP contribution in [0.15, 0.2) is 24.3 Å². The lowest BCUT2D eigenvalue weighted by atomic mass is 10.2. The molecule has 2 aromatic rings. The van der Waals surface area contributed by atoms with E-state index in [9.17, 15) is 4.79 Å². The number of para-hydroxylation sites is 2. The van der Waals surface area contributed by atoms with Crippen LogP contribution in [0.2, 0.25) is 0 Å². The number of aromatic carboxylic acids is 1. The summed E-state index contributed by atoms with van der Waals surface area (Å²) < 4.78 is 5.70. The molecule has 2 heterocycles. The van der Waals surface area contributed by atoms with Gasteiger partial charge in [0.2, 0.25) is 0 Å². The molecule has 20 heavy (non-hydrogen) atoms. The maximum Gasteiger partial charge on any atom is 0.355 e. The Balaban J connectivity index is 2.05. The van der Waals surface area contributed by atoms with Crippen LogP contribution >= 0.6 is 11.3 Å². The molecule has 0 aliphatic carbocycles. The predicted octanol–water partition coefficient (Wildman–Crippen LogP) is 3.07. The largest absolute Gasteiger partial charge is 0.491 e. The fraction of sp³-hybridized carbons (Fsp3) is 0.286. The van der Waals surface area contributed by atoms with E-state index >= 15 is 0 Å². The number of carbonyl (C=O) groups is 1. The number of rotatable bonds is 2. The van der Waals surface area contributed by atoms with Gasteiger partial charge in [0, 0.05) is 11.4 Å². The van der Waals surface area contributed by atoms with Crippen molar-refractivity contribution in [1.82, 2.24) is 4.98 Å². The van der Waals surface area contributed by atoms with Gasteiger partial charge in [-0.2, -0.15) is 0 Å². The van der Waals surface area contributed by atoms with E-state index in [1.807, 2.05) is 29.2 Å². The molecule has 1 aliphatic rings. The minimum Gasteiger partial charge on any atom is -0.491 e. The number of carboxylic acids is 1. The van der Waals surface area contributed by atoms with Crippen molar-refractivity contribution in [3.63, 3.8) is 0 Å². The average molecular weight is 290 g/mol. The maximum atomic E-state index is 11.1. The van der Waals surface area contributed by atoms with Gasteiger partial charge in [-0.05, 0) is 25.5 Å². The van der Waals surface area contributed by atoms with Gasteiger partial charge >= 0.3 is 5.97 Å². The molecule has 0 bridgehead atoms. The van der Waals surface area contributed by atoms with Crippen LogP contribution in [0.25, 0.3) is 0 Å². The average Bonchev–Trinajstić information content (AvgIpc) is 2.70. The molecule has 0 atom stereocenters. The van der Waals surface area contributed by atoms with Crippen molar-refractivity contribution >= 4 is 28.1 Å². The molecule has 0 saturated carbocycles. The van der Waals surface area contributed by atoms with Gasteiger partial charge in [-0.1, -0.05) is 12.1 Å². The van der Waals surface area contributed by atoms with Gasteiger partial charge in [0.25, 0.3) is 0 Å². The summed E-state index contributed by atoms with van der Waals surface area (Å²) >= 11 is 1.40. The molecular formula is C14H14N2O3S. The molecule has 104 valence electrons. The maximum absolute atomic E-state index is 11.1. The van der Waals surface area contributed by atoms with Crippen LogP contribution in [0, 0.1) is 6.92 Å². The molecule has 0 amide bonds. The molecule has 1 aromatic carbocycles. The number of hydrogen-bond acceptors (Lipinski definition) is 5. The van der Waals surface area contributed by atoms with E-state index in [2.05, 4.69) is 4.98 Å². The number of aromatic nitrogens is 1. The molecule has 0 unspecified atom stereocenters. The Hall–Kier alpha value is -2.08. The minimum absolute atomic E-state index is 0.132. The van der Waals surface area contributed by atoms with Gasteiger partial charge in [0.05, 0.1) is 12.3 Å². The summed E-state index contributed by atoms with van der Waals surface area (Å²) in [5.41, 5.74) is 1.07. The van der Waals surface area contributed by atoms with Crippen molar-refractivity contribution in [3.8, 4) is 5.75 Å². The molecule has 1 aliphatic heterocycles. The first-order valence-corrected chi connectivity index (χ1v) is 7.18. The molecule has 6 heteroatoms. The molecule has 0 spiro atoms. The number of nitrogens with zero attached hydrogens (tertiary/aromatic N) is 2. The van der Waals surface area contributed by atoms with Gasteiger partial charge in [-0.3, -0.25) is 0 Å². The first-order valence-electron chi connectivity index (χ1n) is 6.37. The first kappa shape index (κ1) is 12.9.